The van der Waals surface area contributed by atoms with E-state index in [0.29, 0.717) is 0 Å². The van der Waals surface area contributed by atoms with E-state index < -0.39 is 24.8 Å². The van der Waals surface area contributed by atoms with Crippen LogP contribution >= 0.6 is 11.6 Å². The van der Waals surface area contributed by atoms with E-state index in [-0.39, 0.29) is 0 Å². The molecule has 0 saturated heterocycles. The normalized spacial score (nSPS) is 13.6. The maximum Gasteiger partial charge on any atom is 0.455 e. The molecule has 7 heteroatoms. The van der Waals surface area contributed by atoms with Crippen molar-refractivity contribution in [2.24, 2.45) is 0 Å². The molecule has 0 atom stereocenters. The molecule has 0 aliphatic carbocycles. The summed E-state index contributed by atoms with van der Waals surface area (Å²) in [6.07, 6.45) is -5.57. The largest absolute Gasteiger partial charge is 0.455 e. The summed E-state index contributed by atoms with van der Waals surface area (Å²) in [6, 6.07) is -0.689. The Morgan fingerprint density at radius 2 is 1.55 bits per heavy atom. The Hall–Kier alpha value is -0.100. The van der Waals surface area contributed by atoms with E-state index in [4.69, 9.17) is 11.6 Å². The molecule has 0 bridgehead atoms. The third kappa shape index (κ3) is 3.20. The Morgan fingerprint density at radius 3 is 1.82 bits per heavy atom. The monoisotopic (exact) mass is 198 g/mol. The summed E-state index contributed by atoms with van der Waals surface area (Å²) in [5, 5.41) is 0. The van der Waals surface area contributed by atoms with Crippen LogP contribution in [0.4, 0.5) is 22.0 Å². The molecule has 0 aromatic heterocycles. The van der Waals surface area contributed by atoms with Crippen LogP contribution in [0.2, 0.25) is 0 Å². The molecule has 0 fully saturated rings. The van der Waals surface area contributed by atoms with Gasteiger partial charge in [0, 0.05) is 0 Å². The van der Waals surface area contributed by atoms with E-state index >= 15 is 0 Å². The van der Waals surface area contributed by atoms with E-state index in [1.807, 2.05) is 0 Å². The number of ether oxygens (including phenoxy) is 1. The fraction of sp³-hybridized carbons (Fsp3) is 1.00. The van der Waals surface area contributed by atoms with Crippen molar-refractivity contribution < 1.29 is 26.7 Å². The van der Waals surface area contributed by atoms with Crippen molar-refractivity contribution in [3.05, 3.63) is 0 Å². The van der Waals surface area contributed by atoms with Crippen LogP contribution in [-0.4, -0.2) is 24.8 Å². The van der Waals surface area contributed by atoms with Gasteiger partial charge >= 0.3 is 12.1 Å². The van der Waals surface area contributed by atoms with E-state index in [0.717, 1.165) is 0 Å². The van der Waals surface area contributed by atoms with E-state index in [9.17, 15) is 22.0 Å². The summed E-state index contributed by atoms with van der Waals surface area (Å²) in [7, 11) is 0. The number of halogens is 6. The fourth-order valence-corrected chi connectivity index (χ4v) is 0.326. The molecule has 0 aromatic carbocycles. The minimum Gasteiger partial charge on any atom is -0.359 e. The molecule has 11 heavy (non-hydrogen) atoms. The van der Waals surface area contributed by atoms with Crippen LogP contribution in [0, 0.1) is 0 Å². The van der Waals surface area contributed by atoms with Gasteiger partial charge in [-0.25, -0.2) is 0 Å². The molecule has 0 spiro atoms. The molecular weight excluding hydrogens is 194 g/mol. The van der Waals surface area contributed by atoms with Gasteiger partial charge in [0.1, 0.15) is 12.7 Å². The van der Waals surface area contributed by atoms with Gasteiger partial charge in [-0.3, -0.25) is 0 Å². The highest BCUT2D eigenvalue weighted by Gasteiger charge is 2.57. The topological polar surface area (TPSA) is 9.23 Å². The highest BCUT2D eigenvalue weighted by atomic mass is 35.5. The zero-order chi connectivity index (χ0) is 9.12. The standard InChI is InChI=1S/C4H4ClF5O/c5-2-11-1-3(6,7)4(8,9)10/h1-2H2. The lowest BCUT2D eigenvalue weighted by Crippen LogP contribution is -2.40. The smallest absolute Gasteiger partial charge is 0.359 e. The molecule has 0 aromatic rings. The van der Waals surface area contributed by atoms with Gasteiger partial charge in [-0.2, -0.15) is 22.0 Å². The number of alkyl halides is 6. The molecule has 0 amide bonds. The Bertz CT molecular complexity index is 122. The molecule has 0 heterocycles. The number of hydrogen-bond donors (Lipinski definition) is 0. The molecule has 0 rings (SSSR count). The lowest BCUT2D eigenvalue weighted by Gasteiger charge is -2.18. The van der Waals surface area contributed by atoms with Crippen LogP contribution in [0.25, 0.3) is 0 Å². The number of hydrogen-bond acceptors (Lipinski definition) is 1. The zero-order valence-corrected chi connectivity index (χ0v) is 5.85. The molecule has 0 N–H and O–H groups in total. The van der Waals surface area contributed by atoms with Crippen molar-refractivity contribution in [1.82, 2.24) is 0 Å². The Morgan fingerprint density at radius 1 is 1.09 bits per heavy atom. The maximum atomic E-state index is 11.8. The van der Waals surface area contributed by atoms with Gasteiger partial charge in [-0.05, 0) is 0 Å². The van der Waals surface area contributed by atoms with Gasteiger partial charge in [0.15, 0.2) is 0 Å². The van der Waals surface area contributed by atoms with Crippen LogP contribution in [0.3, 0.4) is 0 Å². The summed E-state index contributed by atoms with van der Waals surface area (Å²) < 4.78 is 61.2. The first kappa shape index (κ1) is 10.9. The highest BCUT2D eigenvalue weighted by Crippen LogP contribution is 2.35. The summed E-state index contributed by atoms with van der Waals surface area (Å²) in [6.45, 7) is -1.74. The molecule has 0 aliphatic rings. The quantitative estimate of drug-likeness (QED) is 0.500. The average molecular weight is 199 g/mol. The zero-order valence-electron chi connectivity index (χ0n) is 5.09. The van der Waals surface area contributed by atoms with Crippen molar-refractivity contribution in [1.29, 1.82) is 0 Å². The average Bonchev–Trinajstić information content (AvgIpc) is 1.81. The van der Waals surface area contributed by atoms with E-state index in [1.165, 1.54) is 0 Å². The SMILES string of the molecule is FC(F)(F)C(F)(F)COCCl. The van der Waals surface area contributed by atoms with E-state index in [1.54, 1.807) is 0 Å². The van der Waals surface area contributed by atoms with E-state index in [2.05, 4.69) is 4.74 Å². The van der Waals surface area contributed by atoms with Gasteiger partial charge in [0.25, 0.3) is 0 Å². The van der Waals surface area contributed by atoms with Crippen molar-refractivity contribution in [3.8, 4) is 0 Å². The lowest BCUT2D eigenvalue weighted by molar-refractivity contribution is -0.295. The highest BCUT2D eigenvalue weighted by molar-refractivity contribution is 6.17. The minimum absolute atomic E-state index is 0.689. The van der Waals surface area contributed by atoms with Gasteiger partial charge in [-0.15, -0.1) is 0 Å². The van der Waals surface area contributed by atoms with Gasteiger partial charge in [0.05, 0.1) is 0 Å². The third-order valence-corrected chi connectivity index (χ3v) is 0.930. The van der Waals surface area contributed by atoms with Gasteiger partial charge in [-0.1, -0.05) is 11.6 Å². The molecule has 1 nitrogen and oxygen atoms in total. The van der Waals surface area contributed by atoms with Crippen LogP contribution in [-0.2, 0) is 4.74 Å². The first-order chi connectivity index (χ1) is 4.81. The first-order valence-corrected chi connectivity index (χ1v) is 2.93. The maximum absolute atomic E-state index is 11.8. The lowest BCUT2D eigenvalue weighted by atomic mass is 10.3. The molecule has 0 unspecified atom stereocenters. The summed E-state index contributed by atoms with van der Waals surface area (Å²) in [4.78, 5) is 0. The number of rotatable bonds is 3. The van der Waals surface area contributed by atoms with Crippen molar-refractivity contribution >= 4 is 11.6 Å². The summed E-state index contributed by atoms with van der Waals surface area (Å²) >= 11 is 4.73. The van der Waals surface area contributed by atoms with Crippen molar-refractivity contribution in [3.63, 3.8) is 0 Å². The molecule has 0 saturated carbocycles. The second kappa shape index (κ2) is 3.53. The first-order valence-electron chi connectivity index (χ1n) is 2.39. The van der Waals surface area contributed by atoms with Gasteiger partial charge in [0.2, 0.25) is 0 Å². The Balaban J connectivity index is 4.00. The van der Waals surface area contributed by atoms with Crippen molar-refractivity contribution in [2.45, 2.75) is 12.1 Å². The fourth-order valence-electron chi connectivity index (χ4n) is 0.249. The molecule has 0 aliphatic heterocycles. The molecule has 0 radical (unpaired) electrons. The predicted molar refractivity (Wildman–Crippen MR) is 27.7 cm³/mol. The third-order valence-electron chi connectivity index (χ3n) is 0.775. The second-order valence-corrected chi connectivity index (χ2v) is 1.88. The Labute approximate surface area is 64.1 Å². The van der Waals surface area contributed by atoms with Crippen LogP contribution < -0.4 is 0 Å². The van der Waals surface area contributed by atoms with Crippen LogP contribution in [0.1, 0.15) is 0 Å². The molecular formula is C4H4ClF5O. The van der Waals surface area contributed by atoms with Gasteiger partial charge < -0.3 is 4.74 Å². The van der Waals surface area contributed by atoms with Crippen molar-refractivity contribution in [2.75, 3.05) is 12.7 Å². The minimum atomic E-state index is -5.57. The summed E-state index contributed by atoms with van der Waals surface area (Å²) in [5.74, 6) is -4.82. The summed E-state index contributed by atoms with van der Waals surface area (Å²) in [5.41, 5.74) is 0. The second-order valence-electron chi connectivity index (χ2n) is 1.66. The van der Waals surface area contributed by atoms with Crippen LogP contribution in [0.15, 0.2) is 0 Å². The Kier molecular flexibility index (Phi) is 3.50. The molecule has 68 valence electrons. The van der Waals surface area contributed by atoms with Crippen LogP contribution in [0.5, 0.6) is 0 Å². The predicted octanol–water partition coefficient (Wildman–Crippen LogP) is 2.40.